The van der Waals surface area contributed by atoms with E-state index in [1.165, 1.54) is 9.70 Å². The third kappa shape index (κ3) is 7.91. The molecular formula is C33H45N7O6. The molecule has 248 valence electrons. The zero-order valence-corrected chi connectivity index (χ0v) is 27.1. The molecule has 1 saturated carbocycles. The monoisotopic (exact) mass is 635 g/mol. The number of carbonyl (C=O) groups is 4. The zero-order valence-electron chi connectivity index (χ0n) is 27.1. The van der Waals surface area contributed by atoms with Crippen LogP contribution in [0.4, 0.5) is 4.79 Å². The first-order chi connectivity index (χ1) is 22.0. The first-order valence-electron chi connectivity index (χ1n) is 16.3. The van der Waals surface area contributed by atoms with E-state index in [1.807, 2.05) is 42.5 Å². The quantitative estimate of drug-likeness (QED) is 0.359. The highest BCUT2D eigenvalue weighted by atomic mass is 16.6. The standard InChI is InChI=1S/C33H45N7O6/c1-5-45-30(43)33-19-24(33)16-12-7-6-8-13-17-25(34-31(44)46-32(2,3)4)29(42)39-21-23(18-26(39)28(41)35-33)27-36-38-40(37-27)20-22-14-10-9-11-15-22/h9-12,14-16,23-26H,5-8,13,17-21H2,1-4H3,(H,34,44)(H,35,41)/b16-12-/t23-,24?,25+,26+,33-/m1/s1. The van der Waals surface area contributed by atoms with Crippen LogP contribution in [0.15, 0.2) is 42.5 Å². The molecule has 0 spiro atoms. The van der Waals surface area contributed by atoms with E-state index in [4.69, 9.17) is 9.47 Å². The number of carbonyl (C=O) groups excluding carboxylic acids is 4. The lowest BCUT2D eigenvalue weighted by molar-refractivity contribution is -0.150. The summed E-state index contributed by atoms with van der Waals surface area (Å²) in [5.74, 6) is -1.49. The predicted octanol–water partition coefficient (Wildman–Crippen LogP) is 3.26. The second-order valence-electron chi connectivity index (χ2n) is 13.4. The van der Waals surface area contributed by atoms with Crippen molar-refractivity contribution >= 4 is 23.9 Å². The van der Waals surface area contributed by atoms with Gasteiger partial charge in [0.1, 0.15) is 23.2 Å². The van der Waals surface area contributed by atoms with Gasteiger partial charge in [-0.05, 0) is 70.6 Å². The summed E-state index contributed by atoms with van der Waals surface area (Å²) in [5, 5.41) is 18.9. The number of benzene rings is 1. The minimum absolute atomic E-state index is 0.149. The molecule has 2 fully saturated rings. The summed E-state index contributed by atoms with van der Waals surface area (Å²) >= 11 is 0. The van der Waals surface area contributed by atoms with E-state index in [2.05, 4.69) is 26.0 Å². The number of fused-ring (bicyclic) bond motifs is 2. The molecule has 5 rings (SSSR count). The SMILES string of the molecule is CCOC(=O)[C@@]12CC1/C=C\CCCCC[C@H](NC(=O)OC(C)(C)C)C(=O)N1C[C@H](c3nnn(Cc4ccccc4)n3)C[C@H]1C(=O)N2. The van der Waals surface area contributed by atoms with E-state index in [0.717, 1.165) is 24.8 Å². The summed E-state index contributed by atoms with van der Waals surface area (Å²) < 4.78 is 10.9. The van der Waals surface area contributed by atoms with Crippen molar-refractivity contribution in [2.24, 2.45) is 5.92 Å². The average Bonchev–Trinajstić information content (AvgIpc) is 3.30. The Morgan fingerprint density at radius 3 is 2.65 bits per heavy atom. The highest BCUT2D eigenvalue weighted by Gasteiger charge is 2.62. The number of esters is 1. The van der Waals surface area contributed by atoms with Gasteiger partial charge in [-0.1, -0.05) is 55.3 Å². The van der Waals surface area contributed by atoms with Crippen LogP contribution in [-0.4, -0.2) is 85.4 Å². The molecule has 3 amide bonds. The summed E-state index contributed by atoms with van der Waals surface area (Å²) in [4.78, 5) is 57.3. The molecule has 1 unspecified atom stereocenters. The lowest BCUT2D eigenvalue weighted by atomic mass is 10.0. The average molecular weight is 636 g/mol. The number of alkyl carbamates (subject to hydrolysis) is 1. The van der Waals surface area contributed by atoms with Crippen molar-refractivity contribution in [1.29, 1.82) is 0 Å². The van der Waals surface area contributed by atoms with Crippen LogP contribution in [0.2, 0.25) is 0 Å². The van der Waals surface area contributed by atoms with Crippen LogP contribution < -0.4 is 10.6 Å². The molecule has 2 aliphatic heterocycles. The molecule has 0 radical (unpaired) electrons. The Balaban J connectivity index is 1.43. The van der Waals surface area contributed by atoms with Gasteiger partial charge in [0.25, 0.3) is 0 Å². The van der Waals surface area contributed by atoms with Gasteiger partial charge in [0.05, 0.1) is 13.2 Å². The number of rotatable bonds is 6. The highest BCUT2D eigenvalue weighted by molar-refractivity contribution is 5.96. The van der Waals surface area contributed by atoms with Gasteiger partial charge < -0.3 is 25.0 Å². The first kappa shape index (κ1) is 33.1. The summed E-state index contributed by atoms with van der Waals surface area (Å²) in [6, 6.07) is 7.91. The van der Waals surface area contributed by atoms with Gasteiger partial charge in [-0.2, -0.15) is 4.80 Å². The molecule has 46 heavy (non-hydrogen) atoms. The zero-order chi connectivity index (χ0) is 32.9. The fourth-order valence-electron chi connectivity index (χ4n) is 6.22. The minimum atomic E-state index is -1.18. The Morgan fingerprint density at radius 2 is 1.91 bits per heavy atom. The molecule has 13 heteroatoms. The number of aromatic nitrogens is 4. The second-order valence-corrected chi connectivity index (χ2v) is 13.4. The van der Waals surface area contributed by atoms with Crippen molar-refractivity contribution in [3.05, 3.63) is 53.9 Å². The van der Waals surface area contributed by atoms with Crippen molar-refractivity contribution < 1.29 is 28.7 Å². The Labute approximate surface area is 269 Å². The molecule has 1 aromatic heterocycles. The molecule has 2 aromatic rings. The second kappa shape index (κ2) is 14.0. The van der Waals surface area contributed by atoms with E-state index in [9.17, 15) is 19.2 Å². The third-order valence-electron chi connectivity index (χ3n) is 8.61. The summed E-state index contributed by atoms with van der Waals surface area (Å²) in [5.41, 5.74) is -0.921. The molecule has 1 saturated heterocycles. The maximum atomic E-state index is 14.3. The topological polar surface area (TPSA) is 158 Å². The fraction of sp³-hybridized carbons (Fsp3) is 0.606. The fourth-order valence-corrected chi connectivity index (χ4v) is 6.22. The van der Waals surface area contributed by atoms with Gasteiger partial charge in [-0.3, -0.25) is 9.59 Å². The third-order valence-corrected chi connectivity index (χ3v) is 8.61. The number of tetrazole rings is 1. The Bertz CT molecular complexity index is 1440. The normalized spacial score (nSPS) is 27.7. The summed E-state index contributed by atoms with van der Waals surface area (Å²) in [7, 11) is 0. The first-order valence-corrected chi connectivity index (χ1v) is 16.3. The van der Waals surface area contributed by atoms with Gasteiger partial charge in [-0.15, -0.1) is 10.2 Å². The van der Waals surface area contributed by atoms with Crippen LogP contribution in [0.5, 0.6) is 0 Å². The van der Waals surface area contributed by atoms with E-state index in [-0.39, 0.29) is 25.5 Å². The number of amides is 3. The number of allylic oxidation sites excluding steroid dienone is 1. The number of hydrogen-bond donors (Lipinski definition) is 2. The van der Waals surface area contributed by atoms with Gasteiger partial charge in [-0.25, -0.2) is 9.59 Å². The number of ether oxygens (including phenoxy) is 2. The van der Waals surface area contributed by atoms with Crippen LogP contribution in [-0.2, 0) is 30.4 Å². The van der Waals surface area contributed by atoms with Gasteiger partial charge in [0, 0.05) is 18.4 Å². The van der Waals surface area contributed by atoms with Gasteiger partial charge in [0.15, 0.2) is 5.82 Å². The van der Waals surface area contributed by atoms with Crippen LogP contribution in [0.1, 0.15) is 89.9 Å². The van der Waals surface area contributed by atoms with E-state index >= 15 is 0 Å². The summed E-state index contributed by atoms with van der Waals surface area (Å²) in [6.45, 7) is 7.76. The van der Waals surface area contributed by atoms with Crippen LogP contribution in [0, 0.1) is 5.92 Å². The largest absolute Gasteiger partial charge is 0.464 e. The molecule has 1 aromatic carbocycles. The Morgan fingerprint density at radius 1 is 1.13 bits per heavy atom. The maximum absolute atomic E-state index is 14.3. The number of nitrogens with one attached hydrogen (secondary N) is 2. The van der Waals surface area contributed by atoms with Crippen LogP contribution in [0.3, 0.4) is 0 Å². The number of nitrogens with zero attached hydrogens (tertiary/aromatic N) is 5. The van der Waals surface area contributed by atoms with Gasteiger partial charge >= 0.3 is 12.1 Å². The maximum Gasteiger partial charge on any atom is 0.408 e. The minimum Gasteiger partial charge on any atom is -0.464 e. The lowest BCUT2D eigenvalue weighted by Gasteiger charge is -2.30. The Hall–Kier alpha value is -4.29. The van der Waals surface area contributed by atoms with Crippen molar-refractivity contribution in [3.8, 4) is 0 Å². The van der Waals surface area contributed by atoms with Gasteiger partial charge in [0.2, 0.25) is 11.8 Å². The molecule has 3 heterocycles. The molecule has 3 aliphatic rings. The Kier molecular flexibility index (Phi) is 10.1. The van der Waals surface area contributed by atoms with Crippen molar-refractivity contribution in [2.45, 2.75) is 108 Å². The predicted molar refractivity (Wildman–Crippen MR) is 167 cm³/mol. The number of hydrogen-bond acceptors (Lipinski definition) is 9. The molecule has 13 nitrogen and oxygen atoms in total. The van der Waals surface area contributed by atoms with E-state index < -0.39 is 53.0 Å². The van der Waals surface area contributed by atoms with E-state index in [0.29, 0.717) is 31.6 Å². The van der Waals surface area contributed by atoms with E-state index in [1.54, 1.807) is 27.7 Å². The van der Waals surface area contributed by atoms with Crippen LogP contribution >= 0.6 is 0 Å². The molecule has 1 aliphatic carbocycles. The summed E-state index contributed by atoms with van der Waals surface area (Å²) in [6.07, 6.45) is 7.59. The van der Waals surface area contributed by atoms with Crippen LogP contribution in [0.25, 0.3) is 0 Å². The molecule has 2 N–H and O–H groups in total. The smallest absolute Gasteiger partial charge is 0.408 e. The lowest BCUT2D eigenvalue weighted by Crippen LogP contribution is -2.56. The molecular weight excluding hydrogens is 590 g/mol. The highest BCUT2D eigenvalue weighted by Crippen LogP contribution is 2.46. The van der Waals surface area contributed by atoms with Crippen molar-refractivity contribution in [3.63, 3.8) is 0 Å². The molecule has 5 atom stereocenters. The molecule has 0 bridgehead atoms. The van der Waals surface area contributed by atoms with Crippen molar-refractivity contribution in [1.82, 2.24) is 35.7 Å². The van der Waals surface area contributed by atoms with Crippen molar-refractivity contribution in [2.75, 3.05) is 13.2 Å².